The fourth-order valence-corrected chi connectivity index (χ4v) is 3.43. The lowest BCUT2D eigenvalue weighted by atomic mass is 9.92. The maximum Gasteiger partial charge on any atom is 0.267 e. The summed E-state index contributed by atoms with van der Waals surface area (Å²) in [6.45, 7) is 2.08. The van der Waals surface area contributed by atoms with Crippen LogP contribution in [0.25, 0.3) is 0 Å². The predicted octanol–water partition coefficient (Wildman–Crippen LogP) is 2.08. The van der Waals surface area contributed by atoms with E-state index in [4.69, 9.17) is 10.7 Å². The van der Waals surface area contributed by atoms with Crippen molar-refractivity contribution in [1.82, 2.24) is 9.97 Å². The van der Waals surface area contributed by atoms with Crippen LogP contribution < -0.4 is 10.6 Å². The molecular weight excluding hydrogens is 264 g/mol. The second-order valence-corrected chi connectivity index (χ2v) is 6.77. The zero-order chi connectivity index (χ0) is 14.4. The first-order chi connectivity index (χ1) is 10.2. The summed E-state index contributed by atoms with van der Waals surface area (Å²) in [5, 5.41) is 0. The lowest BCUT2D eigenvalue weighted by molar-refractivity contribution is 0.0995. The van der Waals surface area contributed by atoms with Crippen LogP contribution in [-0.2, 0) is 0 Å². The van der Waals surface area contributed by atoms with E-state index < -0.39 is 5.91 Å². The number of hydrogen-bond donors (Lipinski definition) is 1. The van der Waals surface area contributed by atoms with Gasteiger partial charge in [0.15, 0.2) is 0 Å². The van der Waals surface area contributed by atoms with E-state index in [2.05, 4.69) is 9.88 Å². The van der Waals surface area contributed by atoms with Crippen molar-refractivity contribution >= 4 is 11.7 Å². The van der Waals surface area contributed by atoms with Crippen molar-refractivity contribution in [3.63, 3.8) is 0 Å². The predicted molar refractivity (Wildman–Crippen MR) is 80.2 cm³/mol. The minimum absolute atomic E-state index is 0.367. The summed E-state index contributed by atoms with van der Waals surface area (Å²) in [7, 11) is 0. The normalized spacial score (nSPS) is 23.3. The lowest BCUT2D eigenvalue weighted by Gasteiger charge is -2.33. The van der Waals surface area contributed by atoms with E-state index >= 15 is 0 Å². The van der Waals surface area contributed by atoms with Crippen LogP contribution in [0.2, 0.25) is 0 Å². The highest BCUT2D eigenvalue weighted by Gasteiger charge is 2.34. The molecule has 1 aromatic heterocycles. The molecule has 2 heterocycles. The van der Waals surface area contributed by atoms with Crippen molar-refractivity contribution in [2.45, 2.75) is 44.4 Å². The second kappa shape index (κ2) is 4.97. The zero-order valence-electron chi connectivity index (χ0n) is 12.3. The van der Waals surface area contributed by atoms with Crippen LogP contribution in [0.3, 0.4) is 0 Å². The van der Waals surface area contributed by atoms with E-state index in [1.54, 1.807) is 6.07 Å². The summed E-state index contributed by atoms with van der Waals surface area (Å²) in [4.78, 5) is 22.8. The Balaban J connectivity index is 1.54. The quantitative estimate of drug-likeness (QED) is 0.919. The standard InChI is InChI=1S/C16H22N4O/c17-15(21)13-9-14(19-16(18-13)12-3-4-12)20-7-5-11(6-8-20)10-1-2-10/h9-12H,1-8H2,(H2,17,21). The molecule has 0 unspecified atom stereocenters. The van der Waals surface area contributed by atoms with Gasteiger partial charge in [0, 0.05) is 25.1 Å². The number of piperidine rings is 1. The van der Waals surface area contributed by atoms with Crippen LogP contribution in [-0.4, -0.2) is 29.0 Å². The number of anilines is 1. The van der Waals surface area contributed by atoms with Gasteiger partial charge >= 0.3 is 0 Å². The van der Waals surface area contributed by atoms with Gasteiger partial charge in [-0.3, -0.25) is 4.79 Å². The van der Waals surface area contributed by atoms with Crippen molar-refractivity contribution in [2.75, 3.05) is 18.0 Å². The summed E-state index contributed by atoms with van der Waals surface area (Å²) in [6, 6.07) is 1.77. The number of nitrogens with two attached hydrogens (primary N) is 1. The first-order valence-corrected chi connectivity index (χ1v) is 8.14. The summed E-state index contributed by atoms with van der Waals surface area (Å²) in [5.41, 5.74) is 5.79. The molecule has 0 aromatic carbocycles. The molecule has 1 aromatic rings. The van der Waals surface area contributed by atoms with Crippen molar-refractivity contribution in [1.29, 1.82) is 0 Å². The number of aromatic nitrogens is 2. The number of hydrogen-bond acceptors (Lipinski definition) is 4. The topological polar surface area (TPSA) is 72.1 Å². The number of amides is 1. The smallest absolute Gasteiger partial charge is 0.267 e. The Morgan fingerprint density at radius 2 is 1.71 bits per heavy atom. The van der Waals surface area contributed by atoms with E-state index in [1.165, 1.54) is 25.7 Å². The van der Waals surface area contributed by atoms with Gasteiger partial charge in [0.2, 0.25) is 0 Å². The third kappa shape index (κ3) is 2.74. The number of carbonyl (C=O) groups is 1. The van der Waals surface area contributed by atoms with Gasteiger partial charge in [-0.1, -0.05) is 0 Å². The van der Waals surface area contributed by atoms with Crippen molar-refractivity contribution in [2.24, 2.45) is 17.6 Å². The van der Waals surface area contributed by atoms with Gasteiger partial charge < -0.3 is 10.6 Å². The molecule has 1 aliphatic heterocycles. The molecular formula is C16H22N4O. The maximum absolute atomic E-state index is 11.5. The van der Waals surface area contributed by atoms with Crippen LogP contribution in [0, 0.1) is 11.8 Å². The molecule has 21 heavy (non-hydrogen) atoms. The molecule has 0 atom stereocenters. The average molecular weight is 286 g/mol. The van der Waals surface area contributed by atoms with Gasteiger partial charge in [0.1, 0.15) is 17.3 Å². The number of rotatable bonds is 4. The van der Waals surface area contributed by atoms with Crippen molar-refractivity contribution in [3.05, 3.63) is 17.6 Å². The molecule has 112 valence electrons. The third-order valence-electron chi connectivity index (χ3n) is 5.08. The summed E-state index contributed by atoms with van der Waals surface area (Å²) >= 11 is 0. The van der Waals surface area contributed by atoms with E-state index in [9.17, 15) is 4.79 Å². The molecule has 1 saturated heterocycles. The minimum Gasteiger partial charge on any atom is -0.364 e. The van der Waals surface area contributed by atoms with Crippen LogP contribution >= 0.6 is 0 Å². The van der Waals surface area contributed by atoms with Crippen LogP contribution in [0.1, 0.15) is 60.8 Å². The lowest BCUT2D eigenvalue weighted by Crippen LogP contribution is -2.35. The van der Waals surface area contributed by atoms with Crippen LogP contribution in [0.5, 0.6) is 0 Å². The molecule has 5 nitrogen and oxygen atoms in total. The monoisotopic (exact) mass is 286 g/mol. The van der Waals surface area contributed by atoms with E-state index in [0.717, 1.165) is 49.4 Å². The molecule has 5 heteroatoms. The molecule has 0 spiro atoms. The highest BCUT2D eigenvalue weighted by Crippen LogP contribution is 2.42. The summed E-state index contributed by atoms with van der Waals surface area (Å²) in [5.74, 6) is 3.59. The fourth-order valence-electron chi connectivity index (χ4n) is 3.43. The Kier molecular flexibility index (Phi) is 3.08. The molecule has 2 N–H and O–H groups in total. The molecule has 1 amide bonds. The minimum atomic E-state index is -0.451. The molecule has 4 rings (SSSR count). The Labute approximate surface area is 124 Å². The Morgan fingerprint density at radius 1 is 1.05 bits per heavy atom. The van der Waals surface area contributed by atoms with Crippen molar-refractivity contribution in [3.8, 4) is 0 Å². The van der Waals surface area contributed by atoms with E-state index in [-0.39, 0.29) is 0 Å². The molecule has 0 bridgehead atoms. The van der Waals surface area contributed by atoms with Gasteiger partial charge in [-0.2, -0.15) is 0 Å². The molecule has 3 fully saturated rings. The Hall–Kier alpha value is -1.65. The number of carbonyl (C=O) groups excluding carboxylic acids is 1. The first-order valence-electron chi connectivity index (χ1n) is 8.14. The Bertz CT molecular complexity index is 557. The highest BCUT2D eigenvalue weighted by molar-refractivity contribution is 5.91. The molecule has 2 aliphatic carbocycles. The summed E-state index contributed by atoms with van der Waals surface area (Å²) in [6.07, 6.45) is 7.61. The third-order valence-corrected chi connectivity index (χ3v) is 5.08. The van der Waals surface area contributed by atoms with E-state index in [1.807, 2.05) is 0 Å². The van der Waals surface area contributed by atoms with E-state index in [0.29, 0.717) is 11.6 Å². The average Bonchev–Trinajstić information content (AvgIpc) is 3.40. The molecule has 2 saturated carbocycles. The largest absolute Gasteiger partial charge is 0.364 e. The first kappa shape index (κ1) is 13.0. The number of primary amides is 1. The zero-order valence-corrected chi connectivity index (χ0v) is 12.3. The molecule has 3 aliphatic rings. The van der Waals surface area contributed by atoms with Gasteiger partial charge in [-0.25, -0.2) is 9.97 Å². The van der Waals surface area contributed by atoms with Gasteiger partial charge in [0.25, 0.3) is 5.91 Å². The maximum atomic E-state index is 11.5. The van der Waals surface area contributed by atoms with Crippen LogP contribution in [0.15, 0.2) is 6.07 Å². The summed E-state index contributed by atoms with van der Waals surface area (Å²) < 4.78 is 0. The number of nitrogens with zero attached hydrogens (tertiary/aromatic N) is 3. The van der Waals surface area contributed by atoms with Gasteiger partial charge in [-0.05, 0) is 50.4 Å². The SMILES string of the molecule is NC(=O)c1cc(N2CCC(C3CC3)CC2)nc(C2CC2)n1. The van der Waals surface area contributed by atoms with Crippen LogP contribution in [0.4, 0.5) is 5.82 Å². The van der Waals surface area contributed by atoms with Crippen molar-refractivity contribution < 1.29 is 4.79 Å². The second-order valence-electron chi connectivity index (χ2n) is 6.77. The Morgan fingerprint density at radius 3 is 2.29 bits per heavy atom. The fraction of sp³-hybridized carbons (Fsp3) is 0.688. The van der Waals surface area contributed by atoms with Gasteiger partial charge in [-0.15, -0.1) is 0 Å². The molecule has 0 radical (unpaired) electrons. The van der Waals surface area contributed by atoms with Gasteiger partial charge in [0.05, 0.1) is 0 Å². The highest BCUT2D eigenvalue weighted by atomic mass is 16.1.